The summed E-state index contributed by atoms with van der Waals surface area (Å²) < 4.78 is 27.3. The molecule has 0 amide bonds. The number of rotatable bonds is 33. The minimum atomic E-state index is -1.61. The first-order valence-electron chi connectivity index (χ1n) is 20.8. The molecule has 1 aliphatic heterocycles. The van der Waals surface area contributed by atoms with Crippen molar-refractivity contribution in [2.75, 3.05) is 19.8 Å². The molecule has 0 aromatic heterocycles. The van der Waals surface area contributed by atoms with Crippen molar-refractivity contribution in [3.05, 3.63) is 85.4 Å². The second kappa shape index (κ2) is 36.0. The molecule has 0 unspecified atom stereocenters. The van der Waals surface area contributed by atoms with Crippen molar-refractivity contribution < 1.29 is 53.7 Å². The molecule has 1 aliphatic rings. The van der Waals surface area contributed by atoms with Crippen molar-refractivity contribution in [2.45, 2.75) is 166 Å². The summed E-state index contributed by atoms with van der Waals surface area (Å²) in [5.41, 5.74) is 0. The monoisotopic (exact) mass is 789 g/mol. The maximum atomic E-state index is 12.7. The fraction of sp³-hybridized carbons (Fsp3) is 0.644. The number of hydrogen-bond acceptors (Lipinski definition) is 11. The molecule has 11 heteroatoms. The van der Waals surface area contributed by atoms with Gasteiger partial charge in [0.15, 0.2) is 12.4 Å². The van der Waals surface area contributed by atoms with Crippen LogP contribution in [0.25, 0.3) is 0 Å². The molecule has 56 heavy (non-hydrogen) atoms. The number of hydrogen-bond donors (Lipinski definition) is 4. The highest BCUT2D eigenvalue weighted by atomic mass is 16.7. The molecule has 0 saturated carbocycles. The lowest BCUT2D eigenvalue weighted by Crippen LogP contribution is -2.59. The second-order valence-corrected chi connectivity index (χ2v) is 13.8. The topological polar surface area (TPSA) is 161 Å². The average Bonchev–Trinajstić information content (AvgIpc) is 3.19. The Balaban J connectivity index is 2.39. The maximum Gasteiger partial charge on any atom is 0.306 e. The number of unbranched alkanes of at least 4 members (excludes halogenated alkanes) is 10. The van der Waals surface area contributed by atoms with Crippen LogP contribution in [0.5, 0.6) is 0 Å². The van der Waals surface area contributed by atoms with Crippen LogP contribution in [-0.2, 0) is 33.3 Å². The molecule has 1 heterocycles. The van der Waals surface area contributed by atoms with E-state index in [0.717, 1.165) is 89.9 Å². The van der Waals surface area contributed by atoms with Crippen LogP contribution in [0, 0.1) is 0 Å². The van der Waals surface area contributed by atoms with E-state index in [1.54, 1.807) is 12.5 Å². The lowest BCUT2D eigenvalue weighted by Gasteiger charge is -2.39. The molecule has 11 nitrogen and oxygen atoms in total. The SMILES string of the molecule is CC/C=C\C=C/O/C=C/C=C\CCCCCCCC(=O)OC[C@H](CO[C@@H]1O[C@H](CO)[C@H](O)[C@H](O)[C@H]1O)OC(=O)CCCCCCC/C=C\C/C=C\C/C=C\CC. The Labute approximate surface area is 336 Å². The Morgan fingerprint density at radius 2 is 1.16 bits per heavy atom. The van der Waals surface area contributed by atoms with E-state index in [-0.39, 0.29) is 26.1 Å². The zero-order valence-corrected chi connectivity index (χ0v) is 34.0. The normalized spacial score (nSPS) is 21.2. The number of esters is 2. The Hall–Kier alpha value is -3.32. The lowest BCUT2D eigenvalue weighted by atomic mass is 9.99. The van der Waals surface area contributed by atoms with Gasteiger partial charge in [-0.15, -0.1) is 0 Å². The Morgan fingerprint density at radius 3 is 1.80 bits per heavy atom. The van der Waals surface area contributed by atoms with Gasteiger partial charge in [-0.25, -0.2) is 0 Å². The van der Waals surface area contributed by atoms with Gasteiger partial charge in [0, 0.05) is 12.8 Å². The molecule has 0 aromatic carbocycles. The van der Waals surface area contributed by atoms with Gasteiger partial charge in [-0.2, -0.15) is 0 Å². The van der Waals surface area contributed by atoms with Crippen LogP contribution in [0.4, 0.5) is 0 Å². The van der Waals surface area contributed by atoms with Crippen molar-refractivity contribution in [1.29, 1.82) is 0 Å². The van der Waals surface area contributed by atoms with Crippen LogP contribution < -0.4 is 0 Å². The first-order valence-corrected chi connectivity index (χ1v) is 20.8. The summed E-state index contributed by atoms with van der Waals surface area (Å²) in [7, 11) is 0. The largest absolute Gasteiger partial charge is 0.473 e. The zero-order chi connectivity index (χ0) is 40.9. The van der Waals surface area contributed by atoms with E-state index in [1.807, 2.05) is 30.4 Å². The van der Waals surface area contributed by atoms with Gasteiger partial charge in [-0.05, 0) is 76.4 Å². The van der Waals surface area contributed by atoms with Gasteiger partial charge >= 0.3 is 11.9 Å². The highest BCUT2D eigenvalue weighted by molar-refractivity contribution is 5.70. The third-order valence-corrected chi connectivity index (χ3v) is 8.85. The minimum Gasteiger partial charge on any atom is -0.473 e. The van der Waals surface area contributed by atoms with Gasteiger partial charge < -0.3 is 44.1 Å². The number of aliphatic hydroxyl groups is 4. The third kappa shape index (κ3) is 27.3. The predicted octanol–water partition coefficient (Wildman–Crippen LogP) is 8.14. The van der Waals surface area contributed by atoms with Gasteiger partial charge in [0.1, 0.15) is 31.0 Å². The number of carbonyl (C=O) groups is 2. The van der Waals surface area contributed by atoms with E-state index in [4.69, 9.17) is 23.7 Å². The predicted molar refractivity (Wildman–Crippen MR) is 220 cm³/mol. The molecule has 1 rings (SSSR count). The lowest BCUT2D eigenvalue weighted by molar-refractivity contribution is -0.305. The summed E-state index contributed by atoms with van der Waals surface area (Å²) in [6.07, 6.45) is 35.6. The van der Waals surface area contributed by atoms with E-state index in [1.165, 1.54) is 0 Å². The summed E-state index contributed by atoms with van der Waals surface area (Å²) in [6.45, 7) is 3.05. The van der Waals surface area contributed by atoms with Gasteiger partial charge in [-0.1, -0.05) is 113 Å². The molecule has 0 bridgehead atoms. The number of ether oxygens (including phenoxy) is 5. The average molecular weight is 789 g/mol. The van der Waals surface area contributed by atoms with E-state index in [0.29, 0.717) is 12.8 Å². The second-order valence-electron chi connectivity index (χ2n) is 13.8. The van der Waals surface area contributed by atoms with Crippen LogP contribution in [0.15, 0.2) is 85.4 Å². The third-order valence-electron chi connectivity index (χ3n) is 8.85. The van der Waals surface area contributed by atoms with Crippen LogP contribution in [0.1, 0.15) is 129 Å². The molecule has 318 valence electrons. The molecule has 0 aliphatic carbocycles. The number of allylic oxidation sites excluding steroid dienone is 12. The standard InChI is InChI=1S/C45H72O11/c1-3-5-7-9-10-11-12-13-14-15-16-18-22-25-28-32-41(48)55-38(37-54-45-44(51)43(50)42(49)39(35-46)56-45)36-53-40(47)31-27-24-21-19-17-20-23-26-30-34-52-33-29-8-6-4-2/h5-8,10-11,13-14,23,26,29-30,33-34,38-39,42-46,49-51H,3-4,9,12,15-22,24-25,27-28,31-32,35-37H2,1-2H3/b7-5-,8-6-,11-10-,14-13-,26-23-,33-29-,34-30+/t38-,39-,42+,43+,44-,45-/m1/s1. The van der Waals surface area contributed by atoms with Crippen LogP contribution in [-0.4, -0.2) is 89.0 Å². The molecule has 0 spiro atoms. The van der Waals surface area contributed by atoms with Gasteiger partial charge in [-0.3, -0.25) is 9.59 Å². The smallest absolute Gasteiger partial charge is 0.306 e. The quantitative estimate of drug-likeness (QED) is 0.0167. The molecule has 6 atom stereocenters. The summed E-state index contributed by atoms with van der Waals surface area (Å²) in [4.78, 5) is 25.3. The van der Waals surface area contributed by atoms with Crippen LogP contribution >= 0.6 is 0 Å². The van der Waals surface area contributed by atoms with E-state index in [9.17, 15) is 30.0 Å². The fourth-order valence-electron chi connectivity index (χ4n) is 5.59. The molecule has 0 radical (unpaired) electrons. The van der Waals surface area contributed by atoms with E-state index >= 15 is 0 Å². The highest BCUT2D eigenvalue weighted by Gasteiger charge is 2.44. The van der Waals surface area contributed by atoms with E-state index < -0.39 is 55.4 Å². The van der Waals surface area contributed by atoms with Gasteiger partial charge in [0.05, 0.1) is 25.7 Å². The van der Waals surface area contributed by atoms with Crippen molar-refractivity contribution in [1.82, 2.24) is 0 Å². The maximum absolute atomic E-state index is 12.7. The number of aliphatic hydroxyl groups excluding tert-OH is 4. The Morgan fingerprint density at radius 1 is 0.607 bits per heavy atom. The van der Waals surface area contributed by atoms with Crippen molar-refractivity contribution in [3.63, 3.8) is 0 Å². The fourth-order valence-corrected chi connectivity index (χ4v) is 5.59. The van der Waals surface area contributed by atoms with Crippen molar-refractivity contribution in [2.24, 2.45) is 0 Å². The molecule has 1 saturated heterocycles. The van der Waals surface area contributed by atoms with Gasteiger partial charge in [0.25, 0.3) is 0 Å². The molecular weight excluding hydrogens is 716 g/mol. The summed E-state index contributed by atoms with van der Waals surface area (Å²) in [6, 6.07) is 0. The summed E-state index contributed by atoms with van der Waals surface area (Å²) in [5, 5.41) is 40.0. The Kier molecular flexibility index (Phi) is 32.6. The summed E-state index contributed by atoms with van der Waals surface area (Å²) >= 11 is 0. The number of carbonyl (C=O) groups excluding carboxylic acids is 2. The van der Waals surface area contributed by atoms with Crippen molar-refractivity contribution in [3.8, 4) is 0 Å². The Bertz CT molecular complexity index is 1190. The van der Waals surface area contributed by atoms with Crippen LogP contribution in [0.2, 0.25) is 0 Å². The molecule has 1 fully saturated rings. The van der Waals surface area contributed by atoms with E-state index in [2.05, 4.69) is 56.4 Å². The first-order chi connectivity index (χ1) is 27.3. The first kappa shape index (κ1) is 50.7. The summed E-state index contributed by atoms with van der Waals surface area (Å²) in [5.74, 6) is -0.880. The molecular formula is C45H72O11. The highest BCUT2D eigenvalue weighted by Crippen LogP contribution is 2.22. The zero-order valence-electron chi connectivity index (χ0n) is 34.0. The molecule has 0 aromatic rings. The molecule has 4 N–H and O–H groups in total. The van der Waals surface area contributed by atoms with Crippen molar-refractivity contribution >= 4 is 11.9 Å². The van der Waals surface area contributed by atoms with Gasteiger partial charge in [0.2, 0.25) is 0 Å². The van der Waals surface area contributed by atoms with Crippen LogP contribution in [0.3, 0.4) is 0 Å². The minimum absolute atomic E-state index is 0.194.